The van der Waals surface area contributed by atoms with E-state index < -0.39 is 30.8 Å². The molecular formula is C6H6F3O5-. The summed E-state index contributed by atoms with van der Waals surface area (Å²) >= 11 is 0. The molecule has 0 rings (SSSR count). The third-order valence-corrected chi connectivity index (χ3v) is 1.11. The predicted octanol–water partition coefficient (Wildman–Crippen LogP) is -1.14. The number of carbonyl (C=O) groups is 2. The van der Waals surface area contributed by atoms with Crippen molar-refractivity contribution in [1.29, 1.82) is 0 Å². The molecule has 82 valence electrons. The molecule has 0 radical (unpaired) electrons. The van der Waals surface area contributed by atoms with Gasteiger partial charge < -0.3 is 19.4 Å². The van der Waals surface area contributed by atoms with Crippen LogP contribution in [0.25, 0.3) is 0 Å². The molecule has 0 saturated carbocycles. The number of rotatable bonds is 4. The zero-order valence-electron chi connectivity index (χ0n) is 6.96. The minimum Gasteiger partial charge on any atom is -0.547 e. The molecule has 1 atom stereocenters. The first-order chi connectivity index (χ1) is 6.29. The zero-order chi connectivity index (χ0) is 11.4. The van der Waals surface area contributed by atoms with Gasteiger partial charge in [0.1, 0.15) is 6.61 Å². The quantitative estimate of drug-likeness (QED) is 0.554. The number of carboxylic acids is 1. The van der Waals surface area contributed by atoms with Gasteiger partial charge in [0, 0.05) is 0 Å². The summed E-state index contributed by atoms with van der Waals surface area (Å²) in [4.78, 5) is 20.3. The Morgan fingerprint density at radius 1 is 1.43 bits per heavy atom. The molecule has 0 aromatic rings. The average Bonchev–Trinajstić information content (AvgIpc) is 2.01. The number of hydrogen-bond donors (Lipinski definition) is 0. The molecule has 0 spiro atoms. The van der Waals surface area contributed by atoms with Gasteiger partial charge in [0.2, 0.25) is 0 Å². The van der Waals surface area contributed by atoms with Gasteiger partial charge in [-0.2, -0.15) is 13.2 Å². The normalized spacial score (nSPS) is 13.4. The molecular weight excluding hydrogens is 209 g/mol. The van der Waals surface area contributed by atoms with Crippen LogP contribution in [0.2, 0.25) is 0 Å². The first kappa shape index (κ1) is 12.7. The molecule has 1 unspecified atom stereocenters. The number of esters is 1. The largest absolute Gasteiger partial charge is 0.547 e. The molecule has 0 aliphatic carbocycles. The Balaban J connectivity index is 4.26. The number of carbonyl (C=O) groups excluding carboxylic acids is 2. The summed E-state index contributed by atoms with van der Waals surface area (Å²) in [6.07, 6.45) is -8.24. The van der Waals surface area contributed by atoms with E-state index >= 15 is 0 Å². The smallest absolute Gasteiger partial charge is 0.420 e. The standard InChI is InChI=1S/C6H7F3O5/c1-13-3(10)2-14-4(5(11)12)6(7,8)9/h4H,2H2,1H3,(H,11,12)/p-1. The van der Waals surface area contributed by atoms with E-state index in [1.807, 2.05) is 0 Å². The van der Waals surface area contributed by atoms with E-state index in [0.29, 0.717) is 0 Å². The van der Waals surface area contributed by atoms with Crippen LogP contribution in [0.1, 0.15) is 0 Å². The van der Waals surface area contributed by atoms with Gasteiger partial charge in [0.25, 0.3) is 0 Å². The topological polar surface area (TPSA) is 75.7 Å². The molecule has 0 aliphatic heterocycles. The third-order valence-electron chi connectivity index (χ3n) is 1.11. The SMILES string of the molecule is COC(=O)COC(C(=O)[O-])C(F)(F)F. The number of alkyl halides is 3. The van der Waals surface area contributed by atoms with Gasteiger partial charge in [-0.1, -0.05) is 0 Å². The molecule has 14 heavy (non-hydrogen) atoms. The lowest BCUT2D eigenvalue weighted by Crippen LogP contribution is -2.47. The van der Waals surface area contributed by atoms with Gasteiger partial charge in [0.05, 0.1) is 13.1 Å². The maximum Gasteiger partial charge on any atom is 0.420 e. The molecule has 0 fully saturated rings. The molecule has 0 aromatic heterocycles. The van der Waals surface area contributed by atoms with E-state index in [1.54, 1.807) is 0 Å². The second-order valence-electron chi connectivity index (χ2n) is 2.13. The molecule has 0 aliphatic rings. The van der Waals surface area contributed by atoms with E-state index in [2.05, 4.69) is 9.47 Å². The van der Waals surface area contributed by atoms with Crippen LogP contribution in [0, 0.1) is 0 Å². The number of carboxylic acid groups (broad SMARTS) is 1. The number of aliphatic carboxylic acids is 1. The highest BCUT2D eigenvalue weighted by Gasteiger charge is 2.42. The summed E-state index contributed by atoms with van der Waals surface area (Å²) in [7, 11) is 0.924. The zero-order valence-corrected chi connectivity index (χ0v) is 6.96. The minimum atomic E-state index is -5.12. The highest BCUT2D eigenvalue weighted by atomic mass is 19.4. The van der Waals surface area contributed by atoms with Crippen molar-refractivity contribution in [3.63, 3.8) is 0 Å². The van der Waals surface area contributed by atoms with Crippen LogP contribution in [0.5, 0.6) is 0 Å². The van der Waals surface area contributed by atoms with E-state index in [4.69, 9.17) is 0 Å². The lowest BCUT2D eigenvalue weighted by atomic mass is 10.3. The number of methoxy groups -OCH3 is 1. The average molecular weight is 215 g/mol. The first-order valence-corrected chi connectivity index (χ1v) is 3.25. The Bertz CT molecular complexity index is 224. The van der Waals surface area contributed by atoms with Crippen LogP contribution >= 0.6 is 0 Å². The van der Waals surface area contributed by atoms with Crippen LogP contribution in [0.4, 0.5) is 13.2 Å². The molecule has 0 heterocycles. The fourth-order valence-electron chi connectivity index (χ4n) is 0.506. The van der Waals surface area contributed by atoms with Crippen molar-refractivity contribution < 1.29 is 37.3 Å². The number of ether oxygens (including phenoxy) is 2. The Kier molecular flexibility index (Phi) is 4.35. The number of hydrogen-bond acceptors (Lipinski definition) is 5. The van der Waals surface area contributed by atoms with Gasteiger partial charge in [-0.3, -0.25) is 0 Å². The van der Waals surface area contributed by atoms with Gasteiger partial charge in [0.15, 0.2) is 6.10 Å². The number of halogens is 3. The second-order valence-corrected chi connectivity index (χ2v) is 2.13. The van der Waals surface area contributed by atoms with Gasteiger partial charge in [-0.05, 0) is 0 Å². The summed E-state index contributed by atoms with van der Waals surface area (Å²) in [5, 5.41) is 9.94. The lowest BCUT2D eigenvalue weighted by Gasteiger charge is -2.20. The summed E-state index contributed by atoms with van der Waals surface area (Å²) in [5.74, 6) is -3.57. The van der Waals surface area contributed by atoms with Crippen molar-refractivity contribution >= 4 is 11.9 Å². The Hall–Kier alpha value is -1.31. The fraction of sp³-hybridized carbons (Fsp3) is 0.667. The fourth-order valence-corrected chi connectivity index (χ4v) is 0.506. The predicted molar refractivity (Wildman–Crippen MR) is 32.8 cm³/mol. The maximum atomic E-state index is 11.8. The van der Waals surface area contributed by atoms with E-state index in [1.165, 1.54) is 0 Å². The highest BCUT2D eigenvalue weighted by molar-refractivity contribution is 5.73. The lowest BCUT2D eigenvalue weighted by molar-refractivity contribution is -0.335. The molecule has 0 amide bonds. The Labute approximate surface area is 76.4 Å². The molecule has 0 saturated heterocycles. The van der Waals surface area contributed by atoms with Crippen LogP contribution < -0.4 is 5.11 Å². The summed E-state index contributed by atoms with van der Waals surface area (Å²) in [5.41, 5.74) is 0. The summed E-state index contributed by atoms with van der Waals surface area (Å²) in [6, 6.07) is 0. The van der Waals surface area contributed by atoms with Crippen molar-refractivity contribution in [2.45, 2.75) is 12.3 Å². The first-order valence-electron chi connectivity index (χ1n) is 3.25. The van der Waals surface area contributed by atoms with Crippen LogP contribution in [-0.4, -0.2) is 37.9 Å². The van der Waals surface area contributed by atoms with Crippen LogP contribution in [0.15, 0.2) is 0 Å². The minimum absolute atomic E-state index is 0.924. The summed E-state index contributed by atoms with van der Waals surface area (Å²) in [6.45, 7) is -1.10. The van der Waals surface area contributed by atoms with Crippen molar-refractivity contribution in [3.05, 3.63) is 0 Å². The van der Waals surface area contributed by atoms with Gasteiger partial charge >= 0.3 is 12.1 Å². The Morgan fingerprint density at radius 2 is 1.93 bits per heavy atom. The van der Waals surface area contributed by atoms with E-state index in [9.17, 15) is 27.9 Å². The van der Waals surface area contributed by atoms with Crippen LogP contribution in [-0.2, 0) is 19.1 Å². The van der Waals surface area contributed by atoms with Crippen molar-refractivity contribution in [2.24, 2.45) is 0 Å². The highest BCUT2D eigenvalue weighted by Crippen LogP contribution is 2.22. The molecule has 0 bridgehead atoms. The third kappa shape index (κ3) is 4.08. The van der Waals surface area contributed by atoms with Gasteiger partial charge in [-0.15, -0.1) is 0 Å². The second kappa shape index (κ2) is 4.80. The van der Waals surface area contributed by atoms with Crippen molar-refractivity contribution in [1.82, 2.24) is 0 Å². The molecule has 8 heteroatoms. The Morgan fingerprint density at radius 3 is 2.21 bits per heavy atom. The molecule has 0 aromatic carbocycles. The molecule has 0 N–H and O–H groups in total. The van der Waals surface area contributed by atoms with Crippen molar-refractivity contribution in [3.8, 4) is 0 Å². The van der Waals surface area contributed by atoms with E-state index in [0.717, 1.165) is 7.11 Å². The summed E-state index contributed by atoms with van der Waals surface area (Å²) < 4.78 is 43.2. The monoisotopic (exact) mass is 215 g/mol. The maximum absolute atomic E-state index is 11.8. The van der Waals surface area contributed by atoms with Crippen molar-refractivity contribution in [2.75, 3.05) is 13.7 Å². The van der Waals surface area contributed by atoms with Gasteiger partial charge in [-0.25, -0.2) is 4.79 Å². The van der Waals surface area contributed by atoms with Crippen LogP contribution in [0.3, 0.4) is 0 Å². The molecule has 5 nitrogen and oxygen atoms in total. The van der Waals surface area contributed by atoms with E-state index in [-0.39, 0.29) is 0 Å².